The molecule has 0 radical (unpaired) electrons. The van der Waals surface area contributed by atoms with E-state index in [4.69, 9.17) is 0 Å². The van der Waals surface area contributed by atoms with Crippen LogP contribution in [0.1, 0.15) is 38.7 Å². The molecule has 0 aliphatic rings. The van der Waals surface area contributed by atoms with Crippen LogP contribution in [0.4, 0.5) is 8.78 Å². The lowest BCUT2D eigenvalue weighted by molar-refractivity contribution is -0.101. The predicted molar refractivity (Wildman–Crippen MR) is 46.0 cm³/mol. The summed E-state index contributed by atoms with van der Waals surface area (Å²) in [4.78, 5) is 3.63. The van der Waals surface area contributed by atoms with E-state index in [0.29, 0.717) is 6.92 Å². The Balaban J connectivity index is 3.01. The Kier molecular flexibility index (Phi) is 2.84. The topological polar surface area (TPSA) is 50.9 Å². The molecule has 0 bridgehead atoms. The number of aliphatic hydroxyl groups is 1. The summed E-state index contributed by atoms with van der Waals surface area (Å²) in [6.45, 7) is 4.20. The molecule has 0 fully saturated rings. The number of hydrogen-bond donors (Lipinski definition) is 1. The van der Waals surface area contributed by atoms with Crippen molar-refractivity contribution in [3.05, 3.63) is 12.2 Å². The van der Waals surface area contributed by atoms with Crippen LogP contribution in [-0.2, 0) is 0 Å². The molecule has 1 atom stereocenters. The summed E-state index contributed by atoms with van der Waals surface area (Å²) in [5.41, 5.74) is 0. The van der Waals surface area contributed by atoms with E-state index >= 15 is 0 Å². The molecular weight excluding hydrogens is 192 g/mol. The first kappa shape index (κ1) is 11.0. The van der Waals surface area contributed by atoms with Gasteiger partial charge in [-0.15, -0.1) is 0 Å². The Morgan fingerprint density at radius 3 is 2.50 bits per heavy atom. The Hall–Kier alpha value is -1.04. The minimum Gasteiger partial charge on any atom is -0.379 e. The number of rotatable bonds is 3. The Morgan fingerprint density at radius 1 is 1.50 bits per heavy atom. The van der Waals surface area contributed by atoms with Gasteiger partial charge in [0.15, 0.2) is 11.9 Å². The highest BCUT2D eigenvalue weighted by atomic mass is 19.3. The fourth-order valence-electron chi connectivity index (χ4n) is 1.08. The van der Waals surface area contributed by atoms with Crippen molar-refractivity contribution in [3.63, 3.8) is 0 Å². The van der Waals surface area contributed by atoms with Gasteiger partial charge in [0.05, 0.1) is 0 Å². The van der Waals surface area contributed by atoms with Crippen LogP contribution in [0.25, 0.3) is 0 Å². The lowest BCUT2D eigenvalue weighted by Gasteiger charge is -2.19. The minimum absolute atomic E-state index is 0.104. The number of aromatic nitrogens is 3. The fraction of sp³-hybridized carbons (Fsp3) is 0.750. The number of aliphatic hydroxyl groups excluding tert-OH is 1. The van der Waals surface area contributed by atoms with E-state index in [2.05, 4.69) is 10.1 Å². The predicted octanol–water partition coefficient (Wildman–Crippen LogP) is 1.55. The molecule has 1 heterocycles. The highest BCUT2D eigenvalue weighted by Gasteiger charge is 2.37. The molecule has 0 aliphatic heterocycles. The van der Waals surface area contributed by atoms with Crippen molar-refractivity contribution in [1.29, 1.82) is 0 Å². The number of alkyl halides is 2. The molecule has 6 heteroatoms. The lowest BCUT2D eigenvalue weighted by atomic mass is 10.2. The highest BCUT2D eigenvalue weighted by Crippen LogP contribution is 2.29. The van der Waals surface area contributed by atoms with Gasteiger partial charge in [0, 0.05) is 13.0 Å². The first-order chi connectivity index (χ1) is 6.34. The summed E-state index contributed by atoms with van der Waals surface area (Å²) < 4.78 is 26.9. The first-order valence-electron chi connectivity index (χ1n) is 4.29. The largest absolute Gasteiger partial charge is 0.379 e. The van der Waals surface area contributed by atoms with Crippen LogP contribution in [0.3, 0.4) is 0 Å². The van der Waals surface area contributed by atoms with Gasteiger partial charge in [0.2, 0.25) is 0 Å². The van der Waals surface area contributed by atoms with Crippen molar-refractivity contribution >= 4 is 0 Å². The van der Waals surface area contributed by atoms with Gasteiger partial charge in [-0.25, -0.2) is 18.4 Å². The molecule has 14 heavy (non-hydrogen) atoms. The third-order valence-electron chi connectivity index (χ3n) is 1.81. The monoisotopic (exact) mass is 205 g/mol. The van der Waals surface area contributed by atoms with Gasteiger partial charge in [-0.3, -0.25) is 0 Å². The van der Waals surface area contributed by atoms with Gasteiger partial charge in [0.1, 0.15) is 6.33 Å². The highest BCUT2D eigenvalue weighted by molar-refractivity contribution is 4.96. The zero-order valence-electron chi connectivity index (χ0n) is 8.28. The molecule has 0 spiro atoms. The van der Waals surface area contributed by atoms with E-state index in [0.717, 1.165) is 6.33 Å². The maximum atomic E-state index is 12.8. The van der Waals surface area contributed by atoms with Crippen LogP contribution < -0.4 is 0 Å². The molecule has 0 saturated carbocycles. The summed E-state index contributed by atoms with van der Waals surface area (Å²) in [5.74, 6) is -3.31. The molecular formula is C8H13F2N3O. The average Bonchev–Trinajstić information content (AvgIpc) is 2.48. The third kappa shape index (κ3) is 2.06. The smallest absolute Gasteiger partial charge is 0.277 e. The van der Waals surface area contributed by atoms with E-state index in [1.165, 1.54) is 4.68 Å². The summed E-state index contributed by atoms with van der Waals surface area (Å²) in [6, 6.07) is -0.107. The standard InChI is InChI=1S/C8H13F2N3O/c1-5(2)13-7(11-4-12-13)6(14)8(3,9)10/h4-6,14H,1-3H3. The molecule has 0 aliphatic carbocycles. The molecule has 1 aromatic heterocycles. The third-order valence-corrected chi connectivity index (χ3v) is 1.81. The van der Waals surface area contributed by atoms with Crippen molar-refractivity contribution in [2.75, 3.05) is 0 Å². The second-order valence-electron chi connectivity index (χ2n) is 3.52. The Bertz CT molecular complexity index is 306. The molecule has 1 N–H and O–H groups in total. The van der Waals surface area contributed by atoms with E-state index in [-0.39, 0.29) is 11.9 Å². The zero-order valence-corrected chi connectivity index (χ0v) is 8.28. The minimum atomic E-state index is -3.21. The van der Waals surface area contributed by atoms with Crippen LogP contribution >= 0.6 is 0 Å². The summed E-state index contributed by atoms with van der Waals surface area (Å²) in [6.07, 6.45) is -0.753. The van der Waals surface area contributed by atoms with Crippen molar-refractivity contribution in [2.24, 2.45) is 0 Å². The van der Waals surface area contributed by atoms with E-state index in [9.17, 15) is 13.9 Å². The van der Waals surface area contributed by atoms with Crippen molar-refractivity contribution in [2.45, 2.75) is 38.8 Å². The van der Waals surface area contributed by atoms with Crippen molar-refractivity contribution in [1.82, 2.24) is 14.8 Å². The first-order valence-corrected chi connectivity index (χ1v) is 4.29. The summed E-state index contributed by atoms with van der Waals surface area (Å²) in [5, 5.41) is 13.1. The number of nitrogens with zero attached hydrogens (tertiary/aromatic N) is 3. The van der Waals surface area contributed by atoms with Gasteiger partial charge >= 0.3 is 0 Å². The zero-order chi connectivity index (χ0) is 10.9. The van der Waals surface area contributed by atoms with Crippen LogP contribution in [0.5, 0.6) is 0 Å². The second kappa shape index (κ2) is 3.61. The second-order valence-corrected chi connectivity index (χ2v) is 3.52. The van der Waals surface area contributed by atoms with Crippen LogP contribution in [0.15, 0.2) is 6.33 Å². The SMILES string of the molecule is CC(C)n1ncnc1C(O)C(C)(F)F. The van der Waals surface area contributed by atoms with Gasteiger partial charge in [-0.1, -0.05) is 0 Å². The molecule has 0 aromatic carbocycles. The van der Waals surface area contributed by atoms with Gasteiger partial charge < -0.3 is 5.11 Å². The normalized spacial score (nSPS) is 14.8. The van der Waals surface area contributed by atoms with Gasteiger partial charge in [-0.2, -0.15) is 5.10 Å². The molecule has 80 valence electrons. The summed E-state index contributed by atoms with van der Waals surface area (Å²) in [7, 11) is 0. The number of halogens is 2. The van der Waals surface area contributed by atoms with Crippen molar-refractivity contribution in [3.8, 4) is 0 Å². The van der Waals surface area contributed by atoms with E-state index in [1.54, 1.807) is 13.8 Å². The quantitative estimate of drug-likeness (QED) is 0.814. The van der Waals surface area contributed by atoms with Gasteiger partial charge in [0.25, 0.3) is 5.92 Å². The average molecular weight is 205 g/mol. The summed E-state index contributed by atoms with van der Waals surface area (Å²) >= 11 is 0. The molecule has 0 amide bonds. The van der Waals surface area contributed by atoms with Crippen molar-refractivity contribution < 1.29 is 13.9 Å². The fourth-order valence-corrected chi connectivity index (χ4v) is 1.08. The molecule has 1 aromatic rings. The van der Waals surface area contributed by atoms with E-state index in [1.807, 2.05) is 0 Å². The number of hydrogen-bond acceptors (Lipinski definition) is 3. The van der Waals surface area contributed by atoms with E-state index < -0.39 is 12.0 Å². The Labute approximate surface area is 80.6 Å². The van der Waals surface area contributed by atoms with Crippen LogP contribution in [0, 0.1) is 0 Å². The molecule has 1 unspecified atom stereocenters. The lowest BCUT2D eigenvalue weighted by Crippen LogP contribution is -2.26. The maximum absolute atomic E-state index is 12.8. The Morgan fingerprint density at radius 2 is 2.07 bits per heavy atom. The molecule has 1 rings (SSSR count). The van der Waals surface area contributed by atoms with Crippen LogP contribution in [0.2, 0.25) is 0 Å². The molecule has 4 nitrogen and oxygen atoms in total. The maximum Gasteiger partial charge on any atom is 0.277 e. The van der Waals surface area contributed by atoms with Gasteiger partial charge in [-0.05, 0) is 13.8 Å². The molecule has 0 saturated heterocycles. The van der Waals surface area contributed by atoms with Crippen LogP contribution in [-0.4, -0.2) is 25.8 Å².